The van der Waals surface area contributed by atoms with Crippen LogP contribution < -0.4 is 5.73 Å². The molecule has 1 atom stereocenters. The second-order valence-corrected chi connectivity index (χ2v) is 7.76. The minimum absolute atomic E-state index is 0.125. The van der Waals surface area contributed by atoms with E-state index >= 15 is 0 Å². The number of thiophene rings is 1. The average Bonchev–Trinajstić information content (AvgIpc) is 3.38. The van der Waals surface area contributed by atoms with E-state index in [1.807, 2.05) is 56.5 Å². The molecule has 8 nitrogen and oxygen atoms in total. The van der Waals surface area contributed by atoms with Crippen molar-refractivity contribution in [2.75, 3.05) is 20.3 Å². The highest BCUT2D eigenvalue weighted by molar-refractivity contribution is 7.10. The zero-order chi connectivity index (χ0) is 23.7. The minimum Gasteiger partial charge on any atom is -0.394 e. The summed E-state index contributed by atoms with van der Waals surface area (Å²) in [6, 6.07) is 9.74. The number of benzene rings is 1. The van der Waals surface area contributed by atoms with Gasteiger partial charge in [-0.15, -0.1) is 11.3 Å². The maximum absolute atomic E-state index is 13.2. The zero-order valence-electron chi connectivity index (χ0n) is 18.7. The van der Waals surface area contributed by atoms with Crippen molar-refractivity contribution in [1.29, 1.82) is 0 Å². The number of hydrogen-bond donors (Lipinski definition) is 3. The number of carbonyl (C=O) groups excluding carboxylic acids is 1. The summed E-state index contributed by atoms with van der Waals surface area (Å²) in [6.45, 7) is 5.76. The molecule has 4 rings (SSSR count). The number of nitrogens with zero attached hydrogens (tertiary/aromatic N) is 4. The Hall–Kier alpha value is -3.14. The number of aliphatic hydroxyl groups excluding tert-OH is 2. The first kappa shape index (κ1) is 25.1. The first-order chi connectivity index (χ1) is 15.4. The number of aromatic nitrogens is 2. The van der Waals surface area contributed by atoms with Gasteiger partial charge in [0.05, 0.1) is 13.2 Å². The van der Waals surface area contributed by atoms with Gasteiger partial charge in [0, 0.05) is 35.4 Å². The van der Waals surface area contributed by atoms with Gasteiger partial charge >= 0.3 is 0 Å². The number of carbonyl (C=O) groups is 1. The van der Waals surface area contributed by atoms with Crippen molar-refractivity contribution < 1.29 is 15.0 Å². The number of amides is 1. The SMILES string of the molecule is CC.Cc1cc(C2(c3cccc(-c4cncnc4)c3)N=C(N)N(C)C2=O)cs1.OCCO. The van der Waals surface area contributed by atoms with Gasteiger partial charge in [0.2, 0.25) is 0 Å². The second kappa shape index (κ2) is 11.5. The molecule has 1 aromatic carbocycles. The van der Waals surface area contributed by atoms with Crippen LogP contribution in [-0.4, -0.2) is 57.2 Å². The molecule has 0 fully saturated rings. The summed E-state index contributed by atoms with van der Waals surface area (Å²) in [7, 11) is 1.65. The normalized spacial score (nSPS) is 17.1. The van der Waals surface area contributed by atoms with Crippen LogP contribution in [-0.2, 0) is 10.3 Å². The molecule has 1 aliphatic heterocycles. The van der Waals surface area contributed by atoms with E-state index in [0.29, 0.717) is 0 Å². The standard InChI is InChI=1S/C19H17N5OS.C2H6O2.C2H6/c1-12-6-16(10-26-12)19(17(25)24(2)18(20)23-19)15-5-3-4-13(7-15)14-8-21-11-22-9-14;3-1-2-4;1-2/h3-11H,1-2H3,(H2,20,23);3-4H,1-2H2;1-2H3. The zero-order valence-corrected chi connectivity index (χ0v) is 19.5. The molecule has 32 heavy (non-hydrogen) atoms. The van der Waals surface area contributed by atoms with Crippen LogP contribution in [0.4, 0.5) is 0 Å². The van der Waals surface area contributed by atoms with Crippen molar-refractivity contribution in [3.8, 4) is 11.1 Å². The Balaban J connectivity index is 0.000000547. The van der Waals surface area contributed by atoms with Crippen molar-refractivity contribution in [2.24, 2.45) is 10.7 Å². The van der Waals surface area contributed by atoms with E-state index in [2.05, 4.69) is 15.0 Å². The molecule has 2 aromatic heterocycles. The summed E-state index contributed by atoms with van der Waals surface area (Å²) >= 11 is 1.59. The van der Waals surface area contributed by atoms with Gasteiger partial charge in [0.25, 0.3) is 5.91 Å². The lowest BCUT2D eigenvalue weighted by molar-refractivity contribution is -0.129. The molecular weight excluding hydrogens is 426 g/mol. The third-order valence-corrected chi connectivity index (χ3v) is 5.52. The number of nitrogens with two attached hydrogens (primary N) is 1. The van der Waals surface area contributed by atoms with E-state index in [1.54, 1.807) is 30.8 Å². The van der Waals surface area contributed by atoms with E-state index < -0.39 is 5.54 Å². The predicted octanol–water partition coefficient (Wildman–Crippen LogP) is 2.54. The lowest BCUT2D eigenvalue weighted by Gasteiger charge is -2.25. The van der Waals surface area contributed by atoms with E-state index in [-0.39, 0.29) is 25.1 Å². The third kappa shape index (κ3) is 5.01. The van der Waals surface area contributed by atoms with Crippen LogP contribution in [0.25, 0.3) is 11.1 Å². The lowest BCUT2D eigenvalue weighted by atomic mass is 9.83. The molecule has 3 aromatic rings. The second-order valence-electron chi connectivity index (χ2n) is 6.65. The van der Waals surface area contributed by atoms with E-state index in [4.69, 9.17) is 15.9 Å². The van der Waals surface area contributed by atoms with E-state index in [1.165, 1.54) is 11.2 Å². The predicted molar refractivity (Wildman–Crippen MR) is 127 cm³/mol. The van der Waals surface area contributed by atoms with Crippen LogP contribution in [0, 0.1) is 6.92 Å². The Morgan fingerprint density at radius 1 is 1.06 bits per heavy atom. The topological polar surface area (TPSA) is 125 Å². The monoisotopic (exact) mass is 455 g/mol. The largest absolute Gasteiger partial charge is 0.394 e. The molecule has 170 valence electrons. The van der Waals surface area contributed by atoms with Gasteiger partial charge in [-0.3, -0.25) is 9.69 Å². The number of rotatable bonds is 4. The van der Waals surface area contributed by atoms with Gasteiger partial charge in [0.1, 0.15) is 6.33 Å². The minimum atomic E-state index is -1.16. The fraction of sp³-hybridized carbons (Fsp3) is 0.304. The molecule has 9 heteroatoms. The van der Waals surface area contributed by atoms with Crippen molar-refractivity contribution in [2.45, 2.75) is 26.3 Å². The Morgan fingerprint density at radius 3 is 2.22 bits per heavy atom. The third-order valence-electron chi connectivity index (χ3n) is 4.66. The molecule has 0 saturated carbocycles. The Bertz CT molecular complexity index is 1050. The molecule has 0 saturated heterocycles. The van der Waals surface area contributed by atoms with Gasteiger partial charge < -0.3 is 15.9 Å². The van der Waals surface area contributed by atoms with Crippen molar-refractivity contribution in [3.63, 3.8) is 0 Å². The lowest BCUT2D eigenvalue weighted by Crippen LogP contribution is -2.40. The Morgan fingerprint density at radius 2 is 1.72 bits per heavy atom. The number of guanidine groups is 1. The maximum atomic E-state index is 13.2. The number of aliphatic imine (C=N–C) groups is 1. The van der Waals surface area contributed by atoms with Crippen LogP contribution in [0.1, 0.15) is 29.9 Å². The van der Waals surface area contributed by atoms with E-state index in [0.717, 1.165) is 27.1 Å². The van der Waals surface area contributed by atoms with Crippen LogP contribution in [0.2, 0.25) is 0 Å². The molecule has 0 radical (unpaired) electrons. The first-order valence-electron chi connectivity index (χ1n) is 10.2. The number of aliphatic hydroxyl groups is 2. The van der Waals surface area contributed by atoms with Crippen LogP contribution >= 0.6 is 11.3 Å². The molecule has 1 amide bonds. The highest BCUT2D eigenvalue weighted by atomic mass is 32.1. The quantitative estimate of drug-likeness (QED) is 0.555. The smallest absolute Gasteiger partial charge is 0.266 e. The van der Waals surface area contributed by atoms with Crippen molar-refractivity contribution in [1.82, 2.24) is 14.9 Å². The summed E-state index contributed by atoms with van der Waals surface area (Å²) in [5, 5.41) is 17.2. The van der Waals surface area contributed by atoms with Gasteiger partial charge in [-0.25, -0.2) is 15.0 Å². The summed E-state index contributed by atoms with van der Waals surface area (Å²) in [5.74, 6) is 0.0570. The van der Waals surface area contributed by atoms with Crippen LogP contribution in [0.15, 0.2) is 59.4 Å². The van der Waals surface area contributed by atoms with Gasteiger partial charge in [0.15, 0.2) is 11.5 Å². The molecule has 0 bridgehead atoms. The van der Waals surface area contributed by atoms with Crippen molar-refractivity contribution >= 4 is 23.2 Å². The first-order valence-corrected chi connectivity index (χ1v) is 11.1. The summed E-state index contributed by atoms with van der Waals surface area (Å²) < 4.78 is 0. The maximum Gasteiger partial charge on any atom is 0.266 e. The summed E-state index contributed by atoms with van der Waals surface area (Å²) in [5.41, 5.74) is 8.26. The van der Waals surface area contributed by atoms with Gasteiger partial charge in [-0.05, 0) is 35.6 Å². The molecule has 1 aliphatic rings. The van der Waals surface area contributed by atoms with Crippen LogP contribution in [0.5, 0.6) is 0 Å². The molecular formula is C23H29N5O3S. The fourth-order valence-electron chi connectivity index (χ4n) is 3.19. The van der Waals surface area contributed by atoms with Gasteiger partial charge in [-0.1, -0.05) is 32.0 Å². The summed E-state index contributed by atoms with van der Waals surface area (Å²) in [4.78, 5) is 28.5. The Labute approximate surface area is 192 Å². The molecule has 1 unspecified atom stereocenters. The average molecular weight is 456 g/mol. The molecule has 0 spiro atoms. The van der Waals surface area contributed by atoms with E-state index in [9.17, 15) is 4.79 Å². The molecule has 3 heterocycles. The number of hydrogen-bond acceptors (Lipinski definition) is 8. The highest BCUT2D eigenvalue weighted by Gasteiger charge is 2.49. The molecule has 4 N–H and O–H groups in total. The molecule has 0 aliphatic carbocycles. The van der Waals surface area contributed by atoms with Gasteiger partial charge in [-0.2, -0.15) is 0 Å². The number of aryl methyl sites for hydroxylation is 1. The summed E-state index contributed by atoms with van der Waals surface area (Å²) in [6.07, 6.45) is 4.98. The fourth-order valence-corrected chi connectivity index (χ4v) is 3.94. The Kier molecular flexibility index (Phi) is 9.01. The van der Waals surface area contributed by atoms with Crippen LogP contribution in [0.3, 0.4) is 0 Å². The van der Waals surface area contributed by atoms with Crippen molar-refractivity contribution in [3.05, 3.63) is 70.4 Å². The number of likely N-dealkylation sites (N-methyl/N-ethyl adjacent to an activating group) is 1. The highest BCUT2D eigenvalue weighted by Crippen LogP contribution is 2.41.